The second-order valence-corrected chi connectivity index (χ2v) is 5.70. The molecule has 5 nitrogen and oxygen atoms in total. The molecule has 5 heteroatoms. The summed E-state index contributed by atoms with van der Waals surface area (Å²) in [6.07, 6.45) is 3.99. The number of hydrogen-bond acceptors (Lipinski definition) is 4. The molecular formula is C17H18N2O3. The van der Waals surface area contributed by atoms with Crippen LogP contribution >= 0.6 is 0 Å². The lowest BCUT2D eigenvalue weighted by molar-refractivity contribution is 0.219. The van der Waals surface area contributed by atoms with E-state index in [4.69, 9.17) is 8.83 Å². The van der Waals surface area contributed by atoms with Crippen molar-refractivity contribution in [2.75, 3.05) is 13.1 Å². The molecule has 0 radical (unpaired) electrons. The summed E-state index contributed by atoms with van der Waals surface area (Å²) < 4.78 is 12.5. The Kier molecular flexibility index (Phi) is 3.35. The van der Waals surface area contributed by atoms with Crippen molar-refractivity contribution in [1.29, 1.82) is 0 Å². The number of likely N-dealkylation sites (tertiary alicyclic amines) is 1. The van der Waals surface area contributed by atoms with E-state index in [0.717, 1.165) is 37.2 Å². The van der Waals surface area contributed by atoms with Gasteiger partial charge < -0.3 is 8.83 Å². The largest absolute Gasteiger partial charge is 0.468 e. The number of nitrogens with zero attached hydrogens (tertiary/aromatic N) is 2. The Hall–Kier alpha value is -2.27. The van der Waals surface area contributed by atoms with Gasteiger partial charge >= 0.3 is 5.76 Å². The maximum Gasteiger partial charge on any atom is 0.419 e. The molecule has 1 aliphatic heterocycles. The molecule has 1 fully saturated rings. The zero-order valence-corrected chi connectivity index (χ0v) is 12.3. The molecule has 114 valence electrons. The van der Waals surface area contributed by atoms with E-state index in [2.05, 4.69) is 4.90 Å². The first-order valence-electron chi connectivity index (χ1n) is 7.69. The molecule has 2 aromatic heterocycles. The summed E-state index contributed by atoms with van der Waals surface area (Å²) >= 11 is 0. The van der Waals surface area contributed by atoms with Crippen LogP contribution in [-0.4, -0.2) is 22.6 Å². The van der Waals surface area contributed by atoms with Crippen molar-refractivity contribution >= 4 is 11.1 Å². The number of hydrogen-bond donors (Lipinski definition) is 0. The molecule has 1 unspecified atom stereocenters. The number of benzene rings is 1. The molecule has 3 aromatic rings. The Morgan fingerprint density at radius 1 is 1.14 bits per heavy atom. The highest BCUT2D eigenvalue weighted by Crippen LogP contribution is 2.31. The average Bonchev–Trinajstić information content (AvgIpc) is 3.24. The summed E-state index contributed by atoms with van der Waals surface area (Å²) in [6.45, 7) is 2.48. The van der Waals surface area contributed by atoms with Crippen LogP contribution in [0.15, 0.2) is 56.3 Å². The van der Waals surface area contributed by atoms with E-state index >= 15 is 0 Å². The van der Waals surface area contributed by atoms with E-state index in [1.165, 1.54) is 0 Å². The van der Waals surface area contributed by atoms with Crippen LogP contribution in [0.5, 0.6) is 0 Å². The maximum atomic E-state index is 12.0. The predicted molar refractivity (Wildman–Crippen MR) is 82.7 cm³/mol. The topological polar surface area (TPSA) is 51.5 Å². The van der Waals surface area contributed by atoms with Gasteiger partial charge in [-0.2, -0.15) is 0 Å². The van der Waals surface area contributed by atoms with Gasteiger partial charge in [-0.15, -0.1) is 0 Å². The van der Waals surface area contributed by atoms with E-state index in [9.17, 15) is 4.79 Å². The van der Waals surface area contributed by atoms with Crippen LogP contribution in [0.25, 0.3) is 11.1 Å². The molecule has 1 atom stereocenters. The summed E-state index contributed by atoms with van der Waals surface area (Å²) in [5.74, 6) is 0.733. The quantitative estimate of drug-likeness (QED) is 0.743. The van der Waals surface area contributed by atoms with E-state index in [1.54, 1.807) is 10.8 Å². The fraction of sp³-hybridized carbons (Fsp3) is 0.353. The summed E-state index contributed by atoms with van der Waals surface area (Å²) in [6, 6.07) is 11.8. The van der Waals surface area contributed by atoms with Crippen molar-refractivity contribution in [3.8, 4) is 0 Å². The number of furan rings is 1. The predicted octanol–water partition coefficient (Wildman–Crippen LogP) is 3.02. The van der Waals surface area contributed by atoms with Crippen LogP contribution in [0.2, 0.25) is 0 Å². The van der Waals surface area contributed by atoms with Gasteiger partial charge in [0.2, 0.25) is 0 Å². The number of aromatic nitrogens is 1. The second kappa shape index (κ2) is 5.50. The van der Waals surface area contributed by atoms with Crippen LogP contribution in [0.4, 0.5) is 0 Å². The first-order chi connectivity index (χ1) is 10.8. The smallest absolute Gasteiger partial charge is 0.419 e. The molecule has 0 spiro atoms. The minimum atomic E-state index is -0.282. The normalized spacial score (nSPS) is 19.2. The van der Waals surface area contributed by atoms with Crippen molar-refractivity contribution in [1.82, 2.24) is 9.47 Å². The van der Waals surface area contributed by atoms with Crippen molar-refractivity contribution in [2.24, 2.45) is 0 Å². The van der Waals surface area contributed by atoms with Gasteiger partial charge in [-0.3, -0.25) is 9.47 Å². The molecule has 3 heterocycles. The summed E-state index contributed by atoms with van der Waals surface area (Å²) in [4.78, 5) is 14.4. The monoisotopic (exact) mass is 298 g/mol. The van der Waals surface area contributed by atoms with Crippen molar-refractivity contribution in [3.05, 3.63) is 59.0 Å². The first kappa shape index (κ1) is 13.4. The third-order valence-electron chi connectivity index (χ3n) is 4.42. The number of rotatable bonds is 4. The Bertz CT molecular complexity index is 816. The molecule has 4 rings (SSSR count). The molecule has 1 aliphatic rings. The second-order valence-electron chi connectivity index (χ2n) is 5.70. The fourth-order valence-corrected chi connectivity index (χ4v) is 3.35. The molecular weight excluding hydrogens is 280 g/mol. The van der Waals surface area contributed by atoms with Crippen LogP contribution < -0.4 is 5.76 Å². The third-order valence-corrected chi connectivity index (χ3v) is 4.42. The van der Waals surface area contributed by atoms with Gasteiger partial charge in [0, 0.05) is 13.1 Å². The minimum Gasteiger partial charge on any atom is -0.468 e. The highest BCUT2D eigenvalue weighted by molar-refractivity contribution is 5.72. The molecule has 0 bridgehead atoms. The van der Waals surface area contributed by atoms with Gasteiger partial charge in [0.25, 0.3) is 0 Å². The molecule has 0 N–H and O–H groups in total. The van der Waals surface area contributed by atoms with Crippen LogP contribution in [0.3, 0.4) is 0 Å². The van der Waals surface area contributed by atoms with Gasteiger partial charge in [-0.05, 0) is 43.7 Å². The molecule has 0 amide bonds. The van der Waals surface area contributed by atoms with Crippen molar-refractivity contribution in [3.63, 3.8) is 0 Å². The molecule has 0 aliphatic carbocycles. The minimum absolute atomic E-state index is 0.282. The Labute approximate surface area is 127 Å². The lowest BCUT2D eigenvalue weighted by Gasteiger charge is -2.22. The molecule has 22 heavy (non-hydrogen) atoms. The highest BCUT2D eigenvalue weighted by atomic mass is 16.4. The SMILES string of the molecule is O=c1oc2ccccc2n1CCN1CCCC1c1ccco1. The van der Waals surface area contributed by atoms with Crippen LogP contribution in [-0.2, 0) is 6.54 Å². The Morgan fingerprint density at radius 2 is 2.05 bits per heavy atom. The van der Waals surface area contributed by atoms with Gasteiger partial charge in [0.15, 0.2) is 5.58 Å². The van der Waals surface area contributed by atoms with Crippen LogP contribution in [0, 0.1) is 0 Å². The number of fused-ring (bicyclic) bond motifs is 1. The standard InChI is InChI=1S/C17H18N2O3/c20-17-19(14-5-1-2-7-16(14)22-17)11-10-18-9-3-6-13(18)15-8-4-12-21-15/h1-2,4-5,7-8,12-13H,3,6,9-11H2. The highest BCUT2D eigenvalue weighted by Gasteiger charge is 2.27. The van der Waals surface area contributed by atoms with Crippen LogP contribution in [0.1, 0.15) is 24.6 Å². The van der Waals surface area contributed by atoms with E-state index < -0.39 is 0 Å². The molecule has 1 saturated heterocycles. The van der Waals surface area contributed by atoms with Gasteiger partial charge in [-0.25, -0.2) is 4.79 Å². The summed E-state index contributed by atoms with van der Waals surface area (Å²) in [7, 11) is 0. The maximum absolute atomic E-state index is 12.0. The zero-order chi connectivity index (χ0) is 14.9. The Morgan fingerprint density at radius 3 is 2.91 bits per heavy atom. The van der Waals surface area contributed by atoms with Crippen molar-refractivity contribution in [2.45, 2.75) is 25.4 Å². The van der Waals surface area contributed by atoms with Gasteiger partial charge in [0.1, 0.15) is 5.76 Å². The lowest BCUT2D eigenvalue weighted by Crippen LogP contribution is -2.29. The lowest BCUT2D eigenvalue weighted by atomic mass is 10.1. The summed E-state index contributed by atoms with van der Waals surface area (Å²) in [5, 5.41) is 0. The number of para-hydroxylation sites is 2. The number of oxazole rings is 1. The van der Waals surface area contributed by atoms with Gasteiger partial charge in [-0.1, -0.05) is 12.1 Å². The van der Waals surface area contributed by atoms with E-state index in [-0.39, 0.29) is 5.76 Å². The molecule has 0 saturated carbocycles. The molecule has 1 aromatic carbocycles. The van der Waals surface area contributed by atoms with Crippen molar-refractivity contribution < 1.29 is 8.83 Å². The zero-order valence-electron chi connectivity index (χ0n) is 12.3. The fourth-order valence-electron chi connectivity index (χ4n) is 3.35. The average molecular weight is 298 g/mol. The summed E-state index contributed by atoms with van der Waals surface area (Å²) in [5.41, 5.74) is 1.51. The Balaban J connectivity index is 1.54. The first-order valence-corrected chi connectivity index (χ1v) is 7.69. The van der Waals surface area contributed by atoms with E-state index in [1.807, 2.05) is 36.4 Å². The van der Waals surface area contributed by atoms with Gasteiger partial charge in [0.05, 0.1) is 17.8 Å². The third kappa shape index (κ3) is 2.27. The van der Waals surface area contributed by atoms with E-state index in [0.29, 0.717) is 18.2 Å².